The molecule has 0 aliphatic heterocycles. The lowest BCUT2D eigenvalue weighted by molar-refractivity contribution is 0.667. The molecule has 0 amide bonds. The van der Waals surface area contributed by atoms with Gasteiger partial charge in [0, 0.05) is 28.5 Å². The van der Waals surface area contributed by atoms with Crippen LogP contribution in [0.15, 0.2) is 103 Å². The summed E-state index contributed by atoms with van der Waals surface area (Å²) in [4.78, 5) is 14.8. The van der Waals surface area contributed by atoms with Gasteiger partial charge in [0.2, 0.25) is 0 Å². The van der Waals surface area contributed by atoms with Crippen molar-refractivity contribution in [2.75, 3.05) is 0 Å². The van der Waals surface area contributed by atoms with Gasteiger partial charge in [0.05, 0.1) is 17.1 Å². The van der Waals surface area contributed by atoms with Gasteiger partial charge in [-0.05, 0) is 55.0 Å². The van der Waals surface area contributed by atoms with E-state index in [2.05, 4.69) is 92.7 Å². The Balaban J connectivity index is 1.44. The van der Waals surface area contributed by atoms with Gasteiger partial charge in [-0.15, -0.1) is 0 Å². The van der Waals surface area contributed by atoms with Crippen LogP contribution in [0.5, 0.6) is 0 Å². The van der Waals surface area contributed by atoms with Gasteiger partial charge in [0.25, 0.3) is 0 Å². The summed E-state index contributed by atoms with van der Waals surface area (Å²) in [6, 6.07) is 34.4. The molecular weight excluding hydrogens is 510 g/mol. The number of aromatic nitrogens is 3. The van der Waals surface area contributed by atoms with Crippen molar-refractivity contribution in [3.8, 4) is 45.2 Å². The van der Waals surface area contributed by atoms with E-state index in [1.807, 2.05) is 24.4 Å². The van der Waals surface area contributed by atoms with Crippen LogP contribution < -0.4 is 0 Å². The third-order valence-electron chi connectivity index (χ3n) is 7.95. The first-order valence-corrected chi connectivity index (χ1v) is 15.8. The van der Waals surface area contributed by atoms with E-state index < -0.39 is 0 Å². The number of benzene rings is 3. The van der Waals surface area contributed by atoms with Crippen molar-refractivity contribution in [2.24, 2.45) is 0 Å². The van der Waals surface area contributed by atoms with Crippen LogP contribution in [0.1, 0.15) is 76.3 Å². The average molecular weight is 554 g/mol. The molecule has 0 unspecified atom stereocenters. The molecule has 3 nitrogen and oxygen atoms in total. The van der Waals surface area contributed by atoms with Gasteiger partial charge in [0.15, 0.2) is 5.82 Å². The normalized spacial score (nSPS) is 11.1. The van der Waals surface area contributed by atoms with Crippen molar-refractivity contribution in [1.29, 1.82) is 0 Å². The number of aryl methyl sites for hydroxylation is 2. The Hall–Kier alpha value is -4.11. The number of hydrogen-bond acceptors (Lipinski definition) is 3. The second kappa shape index (κ2) is 15.2. The lowest BCUT2D eigenvalue weighted by atomic mass is 10.0. The topological polar surface area (TPSA) is 38.7 Å². The minimum atomic E-state index is 0.696. The molecule has 5 rings (SSSR count). The zero-order valence-corrected chi connectivity index (χ0v) is 25.2. The maximum absolute atomic E-state index is 5.04. The first kappa shape index (κ1) is 29.4. The second-order valence-electron chi connectivity index (χ2n) is 11.3. The van der Waals surface area contributed by atoms with Crippen LogP contribution >= 0.6 is 0 Å². The van der Waals surface area contributed by atoms with E-state index in [1.54, 1.807) is 0 Å². The Morgan fingerprint density at radius 1 is 0.452 bits per heavy atom. The standard InChI is InChI=1S/C39H43N3/c1-3-5-7-10-14-30-18-22-33(23-19-30)37-28-38(34-24-20-31(21-25-34)15-11-8-6-4-2)42-39(41-37)35-26-27-36(40-29-35)32-16-12-9-13-17-32/h9,12-13,16-29H,3-8,10-11,14-15H2,1-2H3. The highest BCUT2D eigenvalue weighted by molar-refractivity contribution is 5.72. The molecule has 0 saturated carbocycles. The molecule has 2 aromatic heterocycles. The van der Waals surface area contributed by atoms with Crippen molar-refractivity contribution in [3.63, 3.8) is 0 Å². The molecule has 0 fully saturated rings. The smallest absolute Gasteiger partial charge is 0.161 e. The minimum absolute atomic E-state index is 0.696. The fourth-order valence-electron chi connectivity index (χ4n) is 5.37. The third kappa shape index (κ3) is 8.00. The molecule has 3 aromatic carbocycles. The Kier molecular flexibility index (Phi) is 10.6. The third-order valence-corrected chi connectivity index (χ3v) is 7.95. The first-order valence-electron chi connectivity index (χ1n) is 15.8. The summed E-state index contributed by atoms with van der Waals surface area (Å²) in [5, 5.41) is 0. The maximum atomic E-state index is 5.04. The minimum Gasteiger partial charge on any atom is -0.255 e. The van der Waals surface area contributed by atoms with Crippen molar-refractivity contribution in [2.45, 2.75) is 78.1 Å². The second-order valence-corrected chi connectivity index (χ2v) is 11.3. The molecule has 0 spiro atoms. The van der Waals surface area contributed by atoms with Crippen LogP contribution in [-0.2, 0) is 12.8 Å². The zero-order chi connectivity index (χ0) is 29.0. The molecule has 0 saturated heterocycles. The molecule has 2 heterocycles. The number of unbranched alkanes of at least 4 members (excludes halogenated alkanes) is 6. The van der Waals surface area contributed by atoms with E-state index in [-0.39, 0.29) is 0 Å². The lowest BCUT2D eigenvalue weighted by Crippen LogP contribution is -1.97. The van der Waals surface area contributed by atoms with Crippen LogP contribution in [0, 0.1) is 0 Å². The highest BCUT2D eigenvalue weighted by Crippen LogP contribution is 2.29. The molecule has 0 radical (unpaired) electrons. The zero-order valence-electron chi connectivity index (χ0n) is 25.2. The Labute approximate surface area is 252 Å². The predicted molar refractivity (Wildman–Crippen MR) is 177 cm³/mol. The van der Waals surface area contributed by atoms with Gasteiger partial charge in [-0.3, -0.25) is 4.98 Å². The van der Waals surface area contributed by atoms with E-state index in [4.69, 9.17) is 15.0 Å². The Morgan fingerprint density at radius 3 is 1.43 bits per heavy atom. The monoisotopic (exact) mass is 553 g/mol. The number of hydrogen-bond donors (Lipinski definition) is 0. The van der Waals surface area contributed by atoms with E-state index in [0.29, 0.717) is 5.82 Å². The fourth-order valence-corrected chi connectivity index (χ4v) is 5.37. The number of rotatable bonds is 14. The van der Waals surface area contributed by atoms with Crippen LogP contribution in [0.2, 0.25) is 0 Å². The Morgan fingerprint density at radius 2 is 0.952 bits per heavy atom. The molecule has 0 N–H and O–H groups in total. The SMILES string of the molecule is CCCCCCc1ccc(-c2cc(-c3ccc(CCCCCC)cc3)nc(-c3ccc(-c4ccccc4)nc3)n2)cc1. The highest BCUT2D eigenvalue weighted by atomic mass is 14.9. The summed E-state index contributed by atoms with van der Waals surface area (Å²) < 4.78 is 0. The van der Waals surface area contributed by atoms with Crippen LogP contribution in [0.25, 0.3) is 45.2 Å². The van der Waals surface area contributed by atoms with Crippen molar-refractivity contribution >= 4 is 0 Å². The lowest BCUT2D eigenvalue weighted by Gasteiger charge is -2.11. The fraction of sp³-hybridized carbons (Fsp3) is 0.308. The van der Waals surface area contributed by atoms with Gasteiger partial charge >= 0.3 is 0 Å². The van der Waals surface area contributed by atoms with Crippen molar-refractivity contribution in [3.05, 3.63) is 114 Å². The van der Waals surface area contributed by atoms with Crippen LogP contribution in [-0.4, -0.2) is 15.0 Å². The maximum Gasteiger partial charge on any atom is 0.161 e. The summed E-state index contributed by atoms with van der Waals surface area (Å²) in [7, 11) is 0. The predicted octanol–water partition coefficient (Wildman–Crippen LogP) is 10.8. The summed E-state index contributed by atoms with van der Waals surface area (Å²) in [6.45, 7) is 4.52. The summed E-state index contributed by atoms with van der Waals surface area (Å²) >= 11 is 0. The molecular formula is C39H43N3. The van der Waals surface area contributed by atoms with E-state index >= 15 is 0 Å². The van der Waals surface area contributed by atoms with E-state index in [1.165, 1.54) is 62.5 Å². The average Bonchev–Trinajstić information content (AvgIpc) is 3.06. The molecule has 5 aromatic rings. The van der Waals surface area contributed by atoms with Gasteiger partial charge in [-0.1, -0.05) is 131 Å². The molecule has 0 aliphatic carbocycles. The Bertz CT molecular complexity index is 1430. The molecule has 3 heteroatoms. The molecule has 214 valence electrons. The summed E-state index contributed by atoms with van der Waals surface area (Å²) in [5.74, 6) is 0.696. The molecule has 0 aliphatic rings. The van der Waals surface area contributed by atoms with E-state index in [0.717, 1.165) is 52.2 Å². The van der Waals surface area contributed by atoms with Gasteiger partial charge < -0.3 is 0 Å². The van der Waals surface area contributed by atoms with Gasteiger partial charge in [0.1, 0.15) is 0 Å². The molecule has 42 heavy (non-hydrogen) atoms. The van der Waals surface area contributed by atoms with E-state index in [9.17, 15) is 0 Å². The van der Waals surface area contributed by atoms with Gasteiger partial charge in [-0.2, -0.15) is 0 Å². The largest absolute Gasteiger partial charge is 0.255 e. The van der Waals surface area contributed by atoms with Crippen molar-refractivity contribution < 1.29 is 0 Å². The van der Waals surface area contributed by atoms with Crippen LogP contribution in [0.3, 0.4) is 0 Å². The van der Waals surface area contributed by atoms with Gasteiger partial charge in [-0.25, -0.2) is 9.97 Å². The highest BCUT2D eigenvalue weighted by Gasteiger charge is 2.12. The number of nitrogens with zero attached hydrogens (tertiary/aromatic N) is 3. The first-order chi connectivity index (χ1) is 20.7. The quantitative estimate of drug-likeness (QED) is 0.128. The van der Waals surface area contributed by atoms with Crippen molar-refractivity contribution in [1.82, 2.24) is 15.0 Å². The molecule has 0 bridgehead atoms. The van der Waals surface area contributed by atoms with Crippen LogP contribution in [0.4, 0.5) is 0 Å². The summed E-state index contributed by atoms with van der Waals surface area (Å²) in [5.41, 5.74) is 9.82. The number of pyridine rings is 1. The summed E-state index contributed by atoms with van der Waals surface area (Å²) in [6.07, 6.45) is 14.4. The molecule has 0 atom stereocenters.